The van der Waals surface area contributed by atoms with Crippen molar-refractivity contribution in [2.75, 3.05) is 0 Å². The van der Waals surface area contributed by atoms with Crippen molar-refractivity contribution in [3.8, 4) is 0 Å². The first kappa shape index (κ1) is 14.6. The van der Waals surface area contributed by atoms with Crippen molar-refractivity contribution in [3.05, 3.63) is 58.7 Å². The molecule has 0 aliphatic rings. The van der Waals surface area contributed by atoms with Crippen LogP contribution in [0.25, 0.3) is 0 Å². The monoisotopic (exact) mass is 308 g/mol. The standard InChI is InChI=1S/C16H18Cl2Si/c1-11-7-5-9-15(13(11)3)19(17,18)16-10-6-8-12(2)14(16)4/h5-10H,1-4H3. The molecule has 3 heteroatoms. The molecule has 0 aliphatic heterocycles. The third-order valence-electron chi connectivity index (χ3n) is 3.89. The minimum Gasteiger partial charge on any atom is -0.134 e. The third kappa shape index (κ3) is 2.60. The van der Waals surface area contributed by atoms with Crippen molar-refractivity contribution in [2.24, 2.45) is 0 Å². The lowest BCUT2D eigenvalue weighted by Gasteiger charge is -2.23. The topological polar surface area (TPSA) is 0 Å². The lowest BCUT2D eigenvalue weighted by molar-refractivity contribution is 1.35. The number of benzene rings is 2. The summed E-state index contributed by atoms with van der Waals surface area (Å²) >= 11 is 13.7. The Hall–Kier alpha value is -0.763. The van der Waals surface area contributed by atoms with E-state index in [0.29, 0.717) is 0 Å². The molecule has 0 bridgehead atoms. The van der Waals surface area contributed by atoms with E-state index in [2.05, 4.69) is 52.0 Å². The van der Waals surface area contributed by atoms with Crippen molar-refractivity contribution < 1.29 is 0 Å². The first-order valence-corrected chi connectivity index (χ1v) is 10.4. The van der Waals surface area contributed by atoms with Gasteiger partial charge in [-0.15, -0.1) is 22.2 Å². The Morgan fingerprint density at radius 1 is 0.684 bits per heavy atom. The van der Waals surface area contributed by atoms with Crippen LogP contribution in [0.15, 0.2) is 36.4 Å². The summed E-state index contributed by atoms with van der Waals surface area (Å²) in [5.74, 6) is 0. The Balaban J connectivity index is 2.65. The molecule has 19 heavy (non-hydrogen) atoms. The lowest BCUT2D eigenvalue weighted by Crippen LogP contribution is -2.51. The zero-order valence-corrected chi connectivity index (χ0v) is 14.2. The molecule has 0 spiro atoms. The Kier molecular flexibility index (Phi) is 4.10. The predicted molar refractivity (Wildman–Crippen MR) is 88.6 cm³/mol. The molecule has 0 fully saturated rings. The number of hydrogen-bond acceptors (Lipinski definition) is 0. The molecule has 0 unspecified atom stereocenters. The first-order valence-electron chi connectivity index (χ1n) is 6.37. The Bertz CT molecular complexity index is 565. The molecule has 0 nitrogen and oxygen atoms in total. The van der Waals surface area contributed by atoms with Gasteiger partial charge in [-0.3, -0.25) is 0 Å². The summed E-state index contributed by atoms with van der Waals surface area (Å²) in [7, 11) is 0. The van der Waals surface area contributed by atoms with Crippen LogP contribution in [0.4, 0.5) is 0 Å². The van der Waals surface area contributed by atoms with E-state index in [1.807, 2.05) is 12.1 Å². The second-order valence-electron chi connectivity index (χ2n) is 5.07. The summed E-state index contributed by atoms with van der Waals surface area (Å²) in [6, 6.07) is 12.4. The van der Waals surface area contributed by atoms with Gasteiger partial charge in [-0.2, -0.15) is 0 Å². The molecular formula is C16H18Cl2Si. The fourth-order valence-electron chi connectivity index (χ4n) is 2.33. The normalized spacial score (nSPS) is 11.7. The molecular weight excluding hydrogens is 291 g/mol. The number of aryl methyl sites for hydroxylation is 2. The molecule has 0 atom stereocenters. The van der Waals surface area contributed by atoms with Crippen molar-refractivity contribution in [1.29, 1.82) is 0 Å². The molecule has 2 rings (SSSR count). The summed E-state index contributed by atoms with van der Waals surface area (Å²) < 4.78 is 0. The van der Waals surface area contributed by atoms with E-state index < -0.39 is 6.69 Å². The number of halogens is 2. The average Bonchev–Trinajstić information content (AvgIpc) is 2.35. The van der Waals surface area contributed by atoms with Gasteiger partial charge in [0.1, 0.15) is 0 Å². The van der Waals surface area contributed by atoms with Crippen LogP contribution in [0.2, 0.25) is 0 Å². The highest BCUT2D eigenvalue weighted by Gasteiger charge is 2.36. The van der Waals surface area contributed by atoms with Gasteiger partial charge in [-0.05, 0) is 60.3 Å². The largest absolute Gasteiger partial charge is 0.311 e. The first-order chi connectivity index (χ1) is 8.85. The van der Waals surface area contributed by atoms with Crippen molar-refractivity contribution in [2.45, 2.75) is 27.7 Å². The van der Waals surface area contributed by atoms with Crippen LogP contribution >= 0.6 is 22.2 Å². The van der Waals surface area contributed by atoms with Gasteiger partial charge < -0.3 is 0 Å². The van der Waals surface area contributed by atoms with Gasteiger partial charge in [0, 0.05) is 0 Å². The second-order valence-corrected chi connectivity index (χ2v) is 11.3. The van der Waals surface area contributed by atoms with Crippen LogP contribution in [-0.4, -0.2) is 6.69 Å². The smallest absolute Gasteiger partial charge is 0.134 e. The zero-order valence-electron chi connectivity index (χ0n) is 11.7. The highest BCUT2D eigenvalue weighted by Crippen LogP contribution is 2.21. The summed E-state index contributed by atoms with van der Waals surface area (Å²) in [6.07, 6.45) is 0. The summed E-state index contributed by atoms with van der Waals surface area (Å²) in [5.41, 5.74) is 4.89. The summed E-state index contributed by atoms with van der Waals surface area (Å²) in [6.45, 7) is 5.73. The molecule has 0 saturated heterocycles. The minimum absolute atomic E-state index is 1.10. The van der Waals surface area contributed by atoms with Gasteiger partial charge in [0.05, 0.1) is 0 Å². The van der Waals surface area contributed by atoms with Crippen LogP contribution < -0.4 is 10.4 Å². The van der Waals surface area contributed by atoms with Crippen molar-refractivity contribution in [3.63, 3.8) is 0 Å². The van der Waals surface area contributed by atoms with Crippen LogP contribution in [0.5, 0.6) is 0 Å². The van der Waals surface area contributed by atoms with E-state index in [9.17, 15) is 0 Å². The molecule has 100 valence electrons. The SMILES string of the molecule is Cc1cccc([Si](Cl)(Cl)c2cccc(C)c2C)c1C. The van der Waals surface area contributed by atoms with E-state index in [0.717, 1.165) is 10.4 Å². The van der Waals surface area contributed by atoms with Crippen LogP contribution in [0, 0.1) is 27.7 Å². The quantitative estimate of drug-likeness (QED) is 0.582. The van der Waals surface area contributed by atoms with Gasteiger partial charge in [0.15, 0.2) is 0 Å². The van der Waals surface area contributed by atoms with E-state index in [1.165, 1.54) is 22.3 Å². The Morgan fingerprint density at radius 3 is 1.42 bits per heavy atom. The van der Waals surface area contributed by atoms with E-state index >= 15 is 0 Å². The van der Waals surface area contributed by atoms with Crippen molar-refractivity contribution in [1.82, 2.24) is 0 Å². The van der Waals surface area contributed by atoms with E-state index in [1.54, 1.807) is 0 Å². The lowest BCUT2D eigenvalue weighted by atomic mass is 10.1. The summed E-state index contributed by atoms with van der Waals surface area (Å²) in [5, 5.41) is 2.20. The van der Waals surface area contributed by atoms with Gasteiger partial charge in [0.25, 0.3) is 0 Å². The number of hydrogen-bond donors (Lipinski definition) is 0. The van der Waals surface area contributed by atoms with Gasteiger partial charge in [0.2, 0.25) is 0 Å². The second kappa shape index (κ2) is 5.32. The molecule has 0 N–H and O–H groups in total. The molecule has 0 saturated carbocycles. The Labute approximate surface area is 125 Å². The maximum absolute atomic E-state index is 6.85. The van der Waals surface area contributed by atoms with Gasteiger partial charge >= 0.3 is 6.69 Å². The van der Waals surface area contributed by atoms with E-state index in [-0.39, 0.29) is 0 Å². The average molecular weight is 309 g/mol. The molecule has 2 aromatic rings. The highest BCUT2D eigenvalue weighted by molar-refractivity contribution is 7.56. The van der Waals surface area contributed by atoms with Crippen LogP contribution in [0.1, 0.15) is 22.3 Å². The summed E-state index contributed by atoms with van der Waals surface area (Å²) in [4.78, 5) is 0. The fraction of sp³-hybridized carbons (Fsp3) is 0.250. The van der Waals surface area contributed by atoms with Crippen molar-refractivity contribution >= 4 is 39.2 Å². The maximum Gasteiger partial charge on any atom is 0.311 e. The Morgan fingerprint density at radius 2 is 1.05 bits per heavy atom. The maximum atomic E-state index is 6.85. The van der Waals surface area contributed by atoms with Crippen LogP contribution in [0.3, 0.4) is 0 Å². The molecule has 0 amide bonds. The van der Waals surface area contributed by atoms with Crippen LogP contribution in [-0.2, 0) is 0 Å². The molecule has 0 aromatic heterocycles. The predicted octanol–water partition coefficient (Wildman–Crippen LogP) is 3.95. The minimum atomic E-state index is -2.66. The molecule has 0 aliphatic carbocycles. The molecule has 2 aromatic carbocycles. The third-order valence-corrected chi connectivity index (χ3v) is 8.77. The van der Waals surface area contributed by atoms with Gasteiger partial charge in [-0.25, -0.2) is 0 Å². The highest BCUT2D eigenvalue weighted by atomic mass is 35.7. The number of rotatable bonds is 2. The molecule has 0 radical (unpaired) electrons. The molecule has 0 heterocycles. The van der Waals surface area contributed by atoms with Gasteiger partial charge in [-0.1, -0.05) is 36.4 Å². The fourth-order valence-corrected chi connectivity index (χ4v) is 7.02. The van der Waals surface area contributed by atoms with E-state index in [4.69, 9.17) is 22.2 Å². The zero-order chi connectivity index (χ0) is 14.2.